The highest BCUT2D eigenvalue weighted by Gasteiger charge is 2.30. The van der Waals surface area contributed by atoms with E-state index in [-0.39, 0.29) is 24.6 Å². The Bertz CT molecular complexity index is 709. The van der Waals surface area contributed by atoms with E-state index in [2.05, 4.69) is 10.2 Å². The molecule has 0 saturated heterocycles. The Hall–Kier alpha value is -2.38. The topological polar surface area (TPSA) is 59.2 Å². The summed E-state index contributed by atoms with van der Waals surface area (Å²) < 4.78 is 43.6. The first-order valence-corrected chi connectivity index (χ1v) is 8.08. The van der Waals surface area contributed by atoms with Crippen molar-refractivity contribution < 1.29 is 22.4 Å². The first-order chi connectivity index (χ1) is 11.8. The molecular weight excluding hydrogens is 335 g/mol. The van der Waals surface area contributed by atoms with Crippen molar-refractivity contribution in [3.05, 3.63) is 47.2 Å². The van der Waals surface area contributed by atoms with Gasteiger partial charge >= 0.3 is 6.18 Å². The molecule has 136 valence electrons. The average molecular weight is 355 g/mol. The fourth-order valence-corrected chi connectivity index (χ4v) is 2.44. The van der Waals surface area contributed by atoms with Gasteiger partial charge < -0.3 is 9.32 Å². The van der Waals surface area contributed by atoms with Crippen LogP contribution in [-0.2, 0) is 23.8 Å². The molecule has 0 bridgehead atoms. The number of nitrogens with zero attached hydrogens (tertiary/aromatic N) is 3. The van der Waals surface area contributed by atoms with Crippen LogP contribution in [0.15, 0.2) is 28.7 Å². The van der Waals surface area contributed by atoms with Gasteiger partial charge in [0.25, 0.3) is 0 Å². The van der Waals surface area contributed by atoms with Gasteiger partial charge in [-0.25, -0.2) is 0 Å². The van der Waals surface area contributed by atoms with E-state index in [1.807, 2.05) is 13.8 Å². The van der Waals surface area contributed by atoms with Gasteiger partial charge in [0.15, 0.2) is 0 Å². The van der Waals surface area contributed by atoms with E-state index in [0.29, 0.717) is 31.0 Å². The Labute approximate surface area is 143 Å². The number of halogens is 3. The summed E-state index contributed by atoms with van der Waals surface area (Å²) in [6.07, 6.45) is -3.71. The molecule has 25 heavy (non-hydrogen) atoms. The van der Waals surface area contributed by atoms with Crippen LogP contribution in [0.5, 0.6) is 0 Å². The van der Waals surface area contributed by atoms with Gasteiger partial charge in [0.1, 0.15) is 0 Å². The van der Waals surface area contributed by atoms with Gasteiger partial charge in [0, 0.05) is 25.9 Å². The Kier molecular flexibility index (Phi) is 6.17. The standard InChI is InChI=1S/C17H20F3N3O2/c1-3-23(4-2)16(24)9-8-14-21-22-15(25-14)11-12-6-5-7-13(10-12)17(18,19)20/h5-7,10H,3-4,8-9,11H2,1-2H3. The van der Waals surface area contributed by atoms with Gasteiger partial charge in [0.2, 0.25) is 17.7 Å². The number of benzene rings is 1. The van der Waals surface area contributed by atoms with E-state index in [1.54, 1.807) is 11.0 Å². The summed E-state index contributed by atoms with van der Waals surface area (Å²) in [5, 5.41) is 7.70. The number of aryl methyl sites for hydroxylation is 1. The molecule has 0 atom stereocenters. The molecule has 0 aliphatic rings. The molecule has 0 N–H and O–H groups in total. The summed E-state index contributed by atoms with van der Waals surface area (Å²) in [6, 6.07) is 5.00. The van der Waals surface area contributed by atoms with Gasteiger partial charge in [-0.3, -0.25) is 4.79 Å². The van der Waals surface area contributed by atoms with E-state index in [1.165, 1.54) is 6.07 Å². The van der Waals surface area contributed by atoms with Crippen molar-refractivity contribution in [1.82, 2.24) is 15.1 Å². The third-order valence-corrected chi connectivity index (χ3v) is 3.79. The largest absolute Gasteiger partial charge is 0.425 e. The maximum atomic E-state index is 12.7. The number of hydrogen-bond donors (Lipinski definition) is 0. The molecule has 0 aliphatic carbocycles. The molecule has 1 aromatic heterocycles. The number of carbonyl (C=O) groups is 1. The molecular formula is C17H20F3N3O2. The van der Waals surface area contributed by atoms with Crippen molar-refractivity contribution in [3.8, 4) is 0 Å². The third-order valence-electron chi connectivity index (χ3n) is 3.79. The summed E-state index contributed by atoms with van der Waals surface area (Å²) in [6.45, 7) is 5.09. The lowest BCUT2D eigenvalue weighted by Gasteiger charge is -2.17. The summed E-state index contributed by atoms with van der Waals surface area (Å²) in [5.41, 5.74) is -0.279. The van der Waals surface area contributed by atoms with E-state index in [4.69, 9.17) is 4.42 Å². The Balaban J connectivity index is 1.97. The van der Waals surface area contributed by atoms with Crippen molar-refractivity contribution in [3.63, 3.8) is 0 Å². The van der Waals surface area contributed by atoms with Crippen LogP contribution in [0.25, 0.3) is 0 Å². The minimum atomic E-state index is -4.39. The highest BCUT2D eigenvalue weighted by molar-refractivity contribution is 5.76. The molecule has 0 aliphatic heterocycles. The molecule has 5 nitrogen and oxygen atoms in total. The van der Waals surface area contributed by atoms with Gasteiger partial charge in [-0.15, -0.1) is 10.2 Å². The van der Waals surface area contributed by atoms with Crippen LogP contribution >= 0.6 is 0 Å². The SMILES string of the molecule is CCN(CC)C(=O)CCc1nnc(Cc2cccc(C(F)(F)F)c2)o1. The summed E-state index contributed by atoms with van der Waals surface area (Å²) in [4.78, 5) is 13.6. The second-order valence-corrected chi connectivity index (χ2v) is 5.53. The fourth-order valence-electron chi connectivity index (χ4n) is 2.44. The molecule has 0 radical (unpaired) electrons. The molecule has 2 aromatic rings. The first kappa shape index (κ1) is 19.0. The van der Waals surface area contributed by atoms with Crippen molar-refractivity contribution in [2.45, 2.75) is 39.3 Å². The summed E-state index contributed by atoms with van der Waals surface area (Å²) in [7, 11) is 0. The number of aromatic nitrogens is 2. The number of carbonyl (C=O) groups excluding carboxylic acids is 1. The van der Waals surface area contributed by atoms with Gasteiger partial charge in [-0.05, 0) is 25.5 Å². The van der Waals surface area contributed by atoms with Gasteiger partial charge in [-0.1, -0.05) is 18.2 Å². The van der Waals surface area contributed by atoms with Crippen LogP contribution < -0.4 is 0 Å². The molecule has 0 saturated carbocycles. The number of amides is 1. The van der Waals surface area contributed by atoms with E-state index >= 15 is 0 Å². The second-order valence-electron chi connectivity index (χ2n) is 5.53. The lowest BCUT2D eigenvalue weighted by atomic mass is 10.1. The third kappa shape index (κ3) is 5.30. The van der Waals surface area contributed by atoms with Crippen molar-refractivity contribution in [1.29, 1.82) is 0 Å². The minimum Gasteiger partial charge on any atom is -0.425 e. The molecule has 1 amide bonds. The highest BCUT2D eigenvalue weighted by atomic mass is 19.4. The predicted octanol–water partition coefficient (Wildman–Crippen LogP) is 3.48. The van der Waals surface area contributed by atoms with E-state index in [9.17, 15) is 18.0 Å². The normalized spacial score (nSPS) is 11.6. The molecule has 8 heteroatoms. The molecule has 0 unspecified atom stereocenters. The zero-order chi connectivity index (χ0) is 18.4. The Morgan fingerprint density at radius 3 is 2.48 bits per heavy atom. The predicted molar refractivity (Wildman–Crippen MR) is 84.8 cm³/mol. The lowest BCUT2D eigenvalue weighted by molar-refractivity contribution is -0.137. The van der Waals surface area contributed by atoms with Crippen molar-refractivity contribution in [2.24, 2.45) is 0 Å². The number of rotatable bonds is 7. The average Bonchev–Trinajstić information content (AvgIpc) is 3.01. The first-order valence-electron chi connectivity index (χ1n) is 8.08. The summed E-state index contributed by atoms with van der Waals surface area (Å²) >= 11 is 0. The maximum Gasteiger partial charge on any atom is 0.416 e. The second kappa shape index (κ2) is 8.13. The van der Waals surface area contributed by atoms with Crippen LogP contribution in [0.3, 0.4) is 0 Å². The van der Waals surface area contributed by atoms with Crippen LogP contribution in [0.4, 0.5) is 13.2 Å². The Morgan fingerprint density at radius 2 is 1.84 bits per heavy atom. The highest BCUT2D eigenvalue weighted by Crippen LogP contribution is 2.29. The van der Waals surface area contributed by atoms with Crippen molar-refractivity contribution >= 4 is 5.91 Å². The monoisotopic (exact) mass is 355 g/mol. The Morgan fingerprint density at radius 1 is 1.16 bits per heavy atom. The van der Waals surface area contributed by atoms with Crippen LogP contribution in [-0.4, -0.2) is 34.1 Å². The molecule has 0 fully saturated rings. The van der Waals surface area contributed by atoms with Gasteiger partial charge in [-0.2, -0.15) is 13.2 Å². The van der Waals surface area contributed by atoms with Crippen LogP contribution in [0.2, 0.25) is 0 Å². The minimum absolute atomic E-state index is 0.00243. The molecule has 1 heterocycles. The van der Waals surface area contributed by atoms with Gasteiger partial charge in [0.05, 0.1) is 12.0 Å². The van der Waals surface area contributed by atoms with Crippen LogP contribution in [0.1, 0.15) is 43.2 Å². The van der Waals surface area contributed by atoms with Crippen molar-refractivity contribution in [2.75, 3.05) is 13.1 Å². The molecule has 1 aromatic carbocycles. The zero-order valence-corrected chi connectivity index (χ0v) is 14.1. The number of alkyl halides is 3. The van der Waals surface area contributed by atoms with E-state index in [0.717, 1.165) is 12.1 Å². The van der Waals surface area contributed by atoms with Crippen LogP contribution in [0, 0.1) is 0 Å². The smallest absolute Gasteiger partial charge is 0.416 e. The zero-order valence-electron chi connectivity index (χ0n) is 14.1. The fraction of sp³-hybridized carbons (Fsp3) is 0.471. The lowest BCUT2D eigenvalue weighted by Crippen LogP contribution is -2.30. The van der Waals surface area contributed by atoms with E-state index < -0.39 is 11.7 Å². The summed E-state index contributed by atoms with van der Waals surface area (Å²) in [5.74, 6) is 0.537. The quantitative estimate of drug-likeness (QED) is 0.763. The molecule has 2 rings (SSSR count). The maximum absolute atomic E-state index is 12.7. The molecule has 0 spiro atoms. The number of hydrogen-bond acceptors (Lipinski definition) is 4.